The second-order valence-electron chi connectivity index (χ2n) is 10.8. The maximum atomic E-state index is 5.63. The molecule has 0 heterocycles. The Labute approximate surface area is 226 Å². The number of methoxy groups -OCH3 is 1. The Morgan fingerprint density at radius 1 is 0.590 bits per heavy atom. The van der Waals surface area contributed by atoms with Gasteiger partial charge in [-0.1, -0.05) is 97.1 Å². The van der Waals surface area contributed by atoms with Crippen molar-refractivity contribution in [1.29, 1.82) is 0 Å². The van der Waals surface area contributed by atoms with Gasteiger partial charge in [0.15, 0.2) is 0 Å². The lowest BCUT2D eigenvalue weighted by Crippen LogP contribution is -2.33. The Balaban J connectivity index is 1.48. The van der Waals surface area contributed by atoms with Crippen molar-refractivity contribution in [1.82, 2.24) is 0 Å². The molecule has 0 aromatic heterocycles. The highest BCUT2D eigenvalue weighted by molar-refractivity contribution is 6.25. The molecule has 0 saturated carbocycles. The van der Waals surface area contributed by atoms with E-state index in [2.05, 4.69) is 127 Å². The molecule has 0 radical (unpaired) electrons. The largest absolute Gasteiger partial charge is 0.497 e. The van der Waals surface area contributed by atoms with Gasteiger partial charge in [0, 0.05) is 0 Å². The standard InChI is InChI=1S/C38H24O/c1-39-25-16-17-28-33(21-25)27-11-3-2-10-26(27)32-20-24-19-23-9-8-18-38(37(23)31(24)22-34(28)32)35-14-6-4-12-29(35)30-13-5-7-15-36(30)38/h2-22H,1H3. The van der Waals surface area contributed by atoms with Crippen LogP contribution >= 0.6 is 0 Å². The van der Waals surface area contributed by atoms with Gasteiger partial charge >= 0.3 is 0 Å². The molecule has 9 rings (SSSR count). The topological polar surface area (TPSA) is 9.23 Å². The molecule has 0 N–H and O–H groups in total. The van der Waals surface area contributed by atoms with Crippen molar-refractivity contribution in [2.45, 2.75) is 5.41 Å². The van der Waals surface area contributed by atoms with Gasteiger partial charge in [-0.15, -0.1) is 0 Å². The lowest BCUT2D eigenvalue weighted by Gasteiger charge is -2.34. The zero-order valence-corrected chi connectivity index (χ0v) is 21.5. The van der Waals surface area contributed by atoms with Gasteiger partial charge in [0.25, 0.3) is 0 Å². The Bertz CT molecular complexity index is 2220. The predicted molar refractivity (Wildman–Crippen MR) is 163 cm³/mol. The minimum absolute atomic E-state index is 0.303. The van der Waals surface area contributed by atoms with Crippen molar-refractivity contribution in [2.75, 3.05) is 7.11 Å². The van der Waals surface area contributed by atoms with E-state index in [1.807, 2.05) is 0 Å². The highest BCUT2D eigenvalue weighted by atomic mass is 16.5. The van der Waals surface area contributed by atoms with Crippen LogP contribution in [-0.2, 0) is 5.41 Å². The molecular formula is C38H24O. The summed E-state index contributed by atoms with van der Waals surface area (Å²) >= 11 is 0. The minimum atomic E-state index is -0.303. The lowest BCUT2D eigenvalue weighted by molar-refractivity contribution is 0.415. The second kappa shape index (κ2) is 7.36. The second-order valence-corrected chi connectivity index (χ2v) is 10.8. The van der Waals surface area contributed by atoms with Crippen LogP contribution in [0.4, 0.5) is 0 Å². The van der Waals surface area contributed by atoms with Crippen LogP contribution in [0.15, 0.2) is 127 Å². The normalized spacial score (nSPS) is 15.7. The molecule has 0 fully saturated rings. The fourth-order valence-corrected chi connectivity index (χ4v) is 7.52. The number of benzene rings is 6. The van der Waals surface area contributed by atoms with E-state index in [1.165, 1.54) is 76.2 Å². The molecule has 1 spiro atoms. The van der Waals surface area contributed by atoms with Crippen LogP contribution in [0.25, 0.3) is 55.1 Å². The van der Waals surface area contributed by atoms with Gasteiger partial charge in [0.05, 0.1) is 12.5 Å². The molecule has 1 nitrogen and oxygen atoms in total. The Kier molecular flexibility index (Phi) is 3.98. The number of ether oxygens (including phenoxy) is 1. The molecular weight excluding hydrogens is 472 g/mol. The summed E-state index contributed by atoms with van der Waals surface area (Å²) in [5, 5.41) is 10.3. The third-order valence-electron chi connectivity index (χ3n) is 9.09. The van der Waals surface area contributed by atoms with Gasteiger partial charge in [0.2, 0.25) is 0 Å². The first kappa shape index (κ1) is 21.1. The molecule has 0 amide bonds. The van der Waals surface area contributed by atoms with E-state index in [9.17, 15) is 0 Å². The quantitative estimate of drug-likeness (QED) is 0.213. The average Bonchev–Trinajstić information content (AvgIpc) is 3.50. The summed E-state index contributed by atoms with van der Waals surface area (Å²) in [4.78, 5) is 0. The zero-order chi connectivity index (χ0) is 25.7. The summed E-state index contributed by atoms with van der Waals surface area (Å²) in [5.74, 6) is 0.886. The first-order valence-corrected chi connectivity index (χ1v) is 13.6. The van der Waals surface area contributed by atoms with Gasteiger partial charge in [-0.05, 0) is 106 Å². The summed E-state index contributed by atoms with van der Waals surface area (Å²) in [6, 6.07) is 38.0. The van der Waals surface area contributed by atoms with Crippen molar-refractivity contribution >= 4 is 44.0 Å². The monoisotopic (exact) mass is 496 g/mol. The fourth-order valence-electron chi connectivity index (χ4n) is 7.52. The van der Waals surface area contributed by atoms with E-state index in [0.717, 1.165) is 5.75 Å². The molecule has 0 saturated heterocycles. The summed E-state index contributed by atoms with van der Waals surface area (Å²) in [5.41, 5.74) is 7.82. The van der Waals surface area contributed by atoms with Gasteiger partial charge in [-0.3, -0.25) is 0 Å². The van der Waals surface area contributed by atoms with Crippen molar-refractivity contribution in [3.05, 3.63) is 148 Å². The van der Waals surface area contributed by atoms with Crippen LogP contribution in [0.2, 0.25) is 0 Å². The zero-order valence-electron chi connectivity index (χ0n) is 21.5. The maximum Gasteiger partial charge on any atom is 0.119 e. The minimum Gasteiger partial charge on any atom is -0.497 e. The van der Waals surface area contributed by atoms with Gasteiger partial charge < -0.3 is 4.74 Å². The van der Waals surface area contributed by atoms with Crippen molar-refractivity contribution in [2.24, 2.45) is 0 Å². The summed E-state index contributed by atoms with van der Waals surface area (Å²) in [7, 11) is 1.74. The fraction of sp³-hybridized carbons (Fsp3) is 0.0526. The number of rotatable bonds is 1. The molecule has 0 atom stereocenters. The van der Waals surface area contributed by atoms with Crippen LogP contribution in [0.3, 0.4) is 0 Å². The van der Waals surface area contributed by atoms with E-state index < -0.39 is 0 Å². The molecule has 0 unspecified atom stereocenters. The number of hydrogen-bond donors (Lipinski definition) is 0. The highest BCUT2D eigenvalue weighted by Crippen LogP contribution is 2.57. The molecule has 39 heavy (non-hydrogen) atoms. The van der Waals surface area contributed by atoms with Crippen LogP contribution < -0.4 is 15.2 Å². The van der Waals surface area contributed by atoms with E-state index >= 15 is 0 Å². The molecule has 0 bridgehead atoms. The molecule has 3 aliphatic carbocycles. The maximum absolute atomic E-state index is 5.63. The summed E-state index contributed by atoms with van der Waals surface area (Å²) < 4.78 is 5.63. The number of fused-ring (bicyclic) bond motifs is 14. The first-order chi connectivity index (χ1) is 19.3. The first-order valence-electron chi connectivity index (χ1n) is 13.6. The van der Waals surface area contributed by atoms with Gasteiger partial charge in [-0.2, -0.15) is 0 Å². The van der Waals surface area contributed by atoms with E-state index in [1.54, 1.807) is 7.11 Å². The van der Waals surface area contributed by atoms with Gasteiger partial charge in [-0.25, -0.2) is 0 Å². The Morgan fingerprint density at radius 2 is 1.21 bits per heavy atom. The molecule has 6 aromatic carbocycles. The number of allylic oxidation sites excluding steroid dienone is 4. The predicted octanol–water partition coefficient (Wildman–Crippen LogP) is 7.56. The third-order valence-corrected chi connectivity index (χ3v) is 9.09. The molecule has 182 valence electrons. The average molecular weight is 497 g/mol. The van der Waals surface area contributed by atoms with E-state index in [-0.39, 0.29) is 5.41 Å². The van der Waals surface area contributed by atoms with Crippen LogP contribution in [0.1, 0.15) is 11.1 Å². The van der Waals surface area contributed by atoms with Crippen LogP contribution in [-0.4, -0.2) is 7.11 Å². The SMILES string of the molecule is COc1ccc2c(c1)c1ccccc1c1cc3c(cc21)=C1C(=CC=CC12c1ccccc1-c1ccccc12)C=3. The van der Waals surface area contributed by atoms with E-state index in [0.29, 0.717) is 0 Å². The molecule has 6 aromatic rings. The third kappa shape index (κ3) is 2.55. The lowest BCUT2D eigenvalue weighted by atomic mass is 9.67. The molecule has 0 aliphatic heterocycles. The summed E-state index contributed by atoms with van der Waals surface area (Å²) in [6.45, 7) is 0. The molecule has 3 aliphatic rings. The van der Waals surface area contributed by atoms with Gasteiger partial charge in [0.1, 0.15) is 5.75 Å². The smallest absolute Gasteiger partial charge is 0.119 e. The molecule has 1 heteroatoms. The number of hydrogen-bond acceptors (Lipinski definition) is 1. The van der Waals surface area contributed by atoms with Crippen LogP contribution in [0, 0.1) is 0 Å². The summed E-state index contributed by atoms with van der Waals surface area (Å²) in [6.07, 6.45) is 9.37. The van der Waals surface area contributed by atoms with E-state index in [4.69, 9.17) is 4.74 Å². The highest BCUT2D eigenvalue weighted by Gasteiger charge is 2.46. The Hall–Kier alpha value is -4.88. The van der Waals surface area contributed by atoms with Crippen molar-refractivity contribution < 1.29 is 4.74 Å². The van der Waals surface area contributed by atoms with Crippen LogP contribution in [0.5, 0.6) is 5.75 Å². The Morgan fingerprint density at radius 3 is 1.92 bits per heavy atom. The van der Waals surface area contributed by atoms with Crippen molar-refractivity contribution in [3.63, 3.8) is 0 Å². The van der Waals surface area contributed by atoms with Crippen molar-refractivity contribution in [3.8, 4) is 16.9 Å².